The lowest BCUT2D eigenvalue weighted by molar-refractivity contribution is 0.0772. The Morgan fingerprint density at radius 3 is 2.00 bits per heavy atom. The van der Waals surface area contributed by atoms with Gasteiger partial charge in [0, 0.05) is 0 Å². The van der Waals surface area contributed by atoms with Crippen molar-refractivity contribution in [3.63, 3.8) is 0 Å². The van der Waals surface area contributed by atoms with Crippen LogP contribution in [0.5, 0.6) is 5.75 Å². The topological polar surface area (TPSA) is 46.6 Å². The minimum atomic E-state index is -0.419. The Hall–Kier alpha value is -2.34. The van der Waals surface area contributed by atoms with Gasteiger partial charge in [0.25, 0.3) is 11.8 Å². The maximum atomic E-state index is 12.8. The van der Waals surface area contributed by atoms with Gasteiger partial charge in [0.05, 0.1) is 11.1 Å². The smallest absolute Gasteiger partial charge is 0.274 e. The number of amides is 2. The molecule has 0 N–H and O–H groups in total. The Kier molecular flexibility index (Phi) is 3.15. The minimum absolute atomic E-state index is 0.354. The van der Waals surface area contributed by atoms with Crippen LogP contribution in [0.15, 0.2) is 48.5 Å². The van der Waals surface area contributed by atoms with E-state index >= 15 is 0 Å². The van der Waals surface area contributed by atoms with Crippen LogP contribution in [0.3, 0.4) is 0 Å². The standard InChI is InChI=1S/C14H8FNO3S/c15-9-5-7-10(8-6-9)19-20-16-13(17)11-3-1-2-4-12(11)14(16)18/h1-8H. The molecule has 0 aliphatic carbocycles. The molecule has 20 heavy (non-hydrogen) atoms. The van der Waals surface area contributed by atoms with Gasteiger partial charge in [-0.2, -0.15) is 4.31 Å². The zero-order valence-corrected chi connectivity index (χ0v) is 10.9. The highest BCUT2D eigenvalue weighted by atomic mass is 32.2. The van der Waals surface area contributed by atoms with E-state index in [0.717, 1.165) is 4.31 Å². The van der Waals surface area contributed by atoms with Crippen molar-refractivity contribution in [2.45, 2.75) is 0 Å². The molecule has 3 rings (SSSR count). The molecule has 1 aliphatic heterocycles. The average molecular weight is 289 g/mol. The van der Waals surface area contributed by atoms with E-state index in [1.807, 2.05) is 0 Å². The van der Waals surface area contributed by atoms with Crippen molar-refractivity contribution in [1.82, 2.24) is 4.31 Å². The summed E-state index contributed by atoms with van der Waals surface area (Å²) in [6.07, 6.45) is 0. The predicted molar refractivity (Wildman–Crippen MR) is 71.6 cm³/mol. The second kappa shape index (κ2) is 4.97. The van der Waals surface area contributed by atoms with Gasteiger partial charge in [0.15, 0.2) is 12.2 Å². The van der Waals surface area contributed by atoms with E-state index < -0.39 is 11.8 Å². The van der Waals surface area contributed by atoms with Gasteiger partial charge >= 0.3 is 0 Å². The van der Waals surface area contributed by atoms with Gasteiger partial charge in [-0.3, -0.25) is 9.59 Å². The summed E-state index contributed by atoms with van der Waals surface area (Å²) >= 11 is 0.628. The lowest BCUT2D eigenvalue weighted by Gasteiger charge is -2.11. The normalized spacial score (nSPS) is 13.6. The van der Waals surface area contributed by atoms with E-state index in [2.05, 4.69) is 0 Å². The zero-order chi connectivity index (χ0) is 14.1. The van der Waals surface area contributed by atoms with Crippen LogP contribution in [0.1, 0.15) is 20.7 Å². The third-order valence-electron chi connectivity index (χ3n) is 2.78. The highest BCUT2D eigenvalue weighted by Gasteiger charge is 2.37. The summed E-state index contributed by atoms with van der Waals surface area (Å²) in [7, 11) is 0. The molecule has 1 heterocycles. The molecule has 0 saturated carbocycles. The Balaban J connectivity index is 1.75. The largest absolute Gasteiger partial charge is 0.405 e. The summed E-state index contributed by atoms with van der Waals surface area (Å²) in [5.74, 6) is -0.869. The van der Waals surface area contributed by atoms with E-state index in [1.165, 1.54) is 24.3 Å². The van der Waals surface area contributed by atoms with Gasteiger partial charge in [-0.15, -0.1) is 0 Å². The zero-order valence-electron chi connectivity index (χ0n) is 10.1. The molecular formula is C14H8FNO3S. The third kappa shape index (κ3) is 2.14. The van der Waals surface area contributed by atoms with Crippen molar-refractivity contribution in [1.29, 1.82) is 0 Å². The Morgan fingerprint density at radius 1 is 0.900 bits per heavy atom. The van der Waals surface area contributed by atoms with Gasteiger partial charge in [-0.1, -0.05) is 12.1 Å². The molecule has 2 amide bonds. The first-order valence-corrected chi connectivity index (χ1v) is 6.45. The highest BCUT2D eigenvalue weighted by Crippen LogP contribution is 2.29. The lowest BCUT2D eigenvalue weighted by atomic mass is 10.1. The number of hydrogen-bond acceptors (Lipinski definition) is 4. The van der Waals surface area contributed by atoms with Gasteiger partial charge in [0.2, 0.25) is 0 Å². The highest BCUT2D eigenvalue weighted by molar-refractivity contribution is 7.93. The van der Waals surface area contributed by atoms with Crippen LogP contribution in [0, 0.1) is 5.82 Å². The monoisotopic (exact) mass is 289 g/mol. The second-order valence-electron chi connectivity index (χ2n) is 4.06. The van der Waals surface area contributed by atoms with E-state index in [0.29, 0.717) is 29.1 Å². The Bertz CT molecular complexity index is 652. The fraction of sp³-hybridized carbons (Fsp3) is 0. The van der Waals surface area contributed by atoms with Gasteiger partial charge in [-0.05, 0) is 36.4 Å². The first-order valence-electron chi connectivity index (χ1n) is 5.75. The molecular weight excluding hydrogens is 281 g/mol. The fourth-order valence-corrected chi connectivity index (χ4v) is 2.41. The number of rotatable bonds is 3. The van der Waals surface area contributed by atoms with Crippen LogP contribution in [-0.2, 0) is 0 Å². The maximum absolute atomic E-state index is 12.8. The van der Waals surface area contributed by atoms with Crippen LogP contribution >= 0.6 is 12.2 Å². The molecule has 0 bridgehead atoms. The SMILES string of the molecule is O=C1c2ccccc2C(=O)N1SOc1ccc(F)cc1. The molecule has 0 spiro atoms. The number of imide groups is 1. The van der Waals surface area contributed by atoms with Crippen molar-refractivity contribution in [3.05, 3.63) is 65.5 Å². The van der Waals surface area contributed by atoms with E-state index in [9.17, 15) is 14.0 Å². The first kappa shape index (κ1) is 12.7. The number of fused-ring (bicyclic) bond motifs is 1. The first-order chi connectivity index (χ1) is 9.66. The molecule has 100 valence electrons. The van der Waals surface area contributed by atoms with Crippen LogP contribution in [0.4, 0.5) is 4.39 Å². The van der Waals surface area contributed by atoms with Crippen LogP contribution < -0.4 is 4.18 Å². The summed E-state index contributed by atoms with van der Waals surface area (Å²) < 4.78 is 18.9. The summed E-state index contributed by atoms with van der Waals surface area (Å²) in [5.41, 5.74) is 0.709. The quantitative estimate of drug-likeness (QED) is 0.495. The molecule has 0 unspecified atom stereocenters. The van der Waals surface area contributed by atoms with E-state index in [1.54, 1.807) is 24.3 Å². The number of hydrogen-bond donors (Lipinski definition) is 0. The molecule has 1 aliphatic rings. The van der Waals surface area contributed by atoms with Crippen molar-refractivity contribution >= 4 is 24.0 Å². The molecule has 4 nitrogen and oxygen atoms in total. The molecule has 0 saturated heterocycles. The van der Waals surface area contributed by atoms with Crippen LogP contribution in [0.2, 0.25) is 0 Å². The summed E-state index contributed by atoms with van der Waals surface area (Å²) in [4.78, 5) is 24.1. The number of nitrogens with zero attached hydrogens (tertiary/aromatic N) is 1. The fourth-order valence-electron chi connectivity index (χ4n) is 1.81. The molecule has 0 fully saturated rings. The van der Waals surface area contributed by atoms with E-state index in [-0.39, 0.29) is 5.82 Å². The summed E-state index contributed by atoms with van der Waals surface area (Å²) in [6, 6.07) is 11.9. The summed E-state index contributed by atoms with van der Waals surface area (Å²) in [6.45, 7) is 0. The number of carbonyl (C=O) groups is 2. The van der Waals surface area contributed by atoms with Crippen molar-refractivity contribution in [2.75, 3.05) is 0 Å². The molecule has 0 radical (unpaired) electrons. The molecule has 2 aromatic rings. The van der Waals surface area contributed by atoms with Crippen LogP contribution in [0.25, 0.3) is 0 Å². The number of carbonyl (C=O) groups excluding carboxylic acids is 2. The third-order valence-corrected chi connectivity index (χ3v) is 3.53. The van der Waals surface area contributed by atoms with Crippen LogP contribution in [-0.4, -0.2) is 16.1 Å². The van der Waals surface area contributed by atoms with Gasteiger partial charge in [0.1, 0.15) is 11.6 Å². The maximum Gasteiger partial charge on any atom is 0.274 e. The molecule has 6 heteroatoms. The number of halogens is 1. The van der Waals surface area contributed by atoms with Crippen molar-refractivity contribution in [2.24, 2.45) is 0 Å². The Labute approximate surface area is 118 Å². The summed E-state index contributed by atoms with van der Waals surface area (Å²) in [5, 5.41) is 0. The minimum Gasteiger partial charge on any atom is -0.405 e. The molecule has 0 atom stereocenters. The Morgan fingerprint density at radius 2 is 1.45 bits per heavy atom. The van der Waals surface area contributed by atoms with Crippen molar-refractivity contribution in [3.8, 4) is 5.75 Å². The van der Waals surface area contributed by atoms with Gasteiger partial charge < -0.3 is 4.18 Å². The van der Waals surface area contributed by atoms with E-state index in [4.69, 9.17) is 4.18 Å². The van der Waals surface area contributed by atoms with Gasteiger partial charge in [-0.25, -0.2) is 4.39 Å². The second-order valence-corrected chi connectivity index (χ2v) is 4.74. The van der Waals surface area contributed by atoms with Crippen molar-refractivity contribution < 1.29 is 18.2 Å². The predicted octanol–water partition coefficient (Wildman–Crippen LogP) is 3.06. The lowest BCUT2D eigenvalue weighted by Crippen LogP contribution is -2.23. The average Bonchev–Trinajstić information content (AvgIpc) is 2.71. The molecule has 0 aromatic heterocycles. The molecule has 2 aromatic carbocycles. The number of benzene rings is 2.